The second-order valence-corrected chi connectivity index (χ2v) is 6.84. The van der Waals surface area contributed by atoms with Crippen molar-refractivity contribution in [2.75, 3.05) is 13.2 Å². The smallest absolute Gasteiger partial charge is 0.287 e. The molecule has 4 rings (SSSR count). The average Bonchev–Trinajstić information content (AvgIpc) is 3.31. The summed E-state index contributed by atoms with van der Waals surface area (Å²) in [6, 6.07) is 29.1. The van der Waals surface area contributed by atoms with Crippen LogP contribution in [0.25, 0.3) is 11.1 Å². The normalized spacial score (nSPS) is 10.5. The molecule has 0 aliphatic rings. The van der Waals surface area contributed by atoms with Crippen LogP contribution in [0.15, 0.2) is 102 Å². The van der Waals surface area contributed by atoms with Crippen molar-refractivity contribution in [2.45, 2.75) is 6.61 Å². The molecule has 1 aromatic heterocycles. The van der Waals surface area contributed by atoms with Crippen LogP contribution in [0.3, 0.4) is 0 Å². The first-order valence-corrected chi connectivity index (χ1v) is 10.1. The van der Waals surface area contributed by atoms with Gasteiger partial charge in [-0.15, -0.1) is 0 Å². The highest BCUT2D eigenvalue weighted by Crippen LogP contribution is 2.29. The van der Waals surface area contributed by atoms with E-state index in [0.717, 1.165) is 22.6 Å². The Morgan fingerprint density at radius 2 is 1.52 bits per heavy atom. The maximum Gasteiger partial charge on any atom is 0.287 e. The Bertz CT molecular complexity index is 1110. The van der Waals surface area contributed by atoms with E-state index in [-0.39, 0.29) is 18.3 Å². The van der Waals surface area contributed by atoms with E-state index < -0.39 is 0 Å². The first-order chi connectivity index (χ1) is 15.3. The van der Waals surface area contributed by atoms with Crippen LogP contribution in [0.1, 0.15) is 16.1 Å². The van der Waals surface area contributed by atoms with Gasteiger partial charge in [0, 0.05) is 11.1 Å². The predicted molar refractivity (Wildman–Crippen MR) is 119 cm³/mol. The number of para-hydroxylation sites is 2. The minimum atomic E-state index is -0.295. The number of carbonyl (C=O) groups excluding carboxylic acids is 1. The van der Waals surface area contributed by atoms with Crippen molar-refractivity contribution in [1.29, 1.82) is 0 Å². The number of ether oxygens (including phenoxy) is 2. The van der Waals surface area contributed by atoms with Gasteiger partial charge in [-0.2, -0.15) is 0 Å². The van der Waals surface area contributed by atoms with E-state index in [9.17, 15) is 4.79 Å². The number of benzene rings is 3. The minimum Gasteiger partial charge on any atom is -0.491 e. The highest BCUT2D eigenvalue weighted by Gasteiger charge is 2.15. The van der Waals surface area contributed by atoms with Crippen molar-refractivity contribution in [3.8, 4) is 22.6 Å². The summed E-state index contributed by atoms with van der Waals surface area (Å²) in [4.78, 5) is 12.5. The third kappa shape index (κ3) is 5.34. The number of carbonyl (C=O) groups is 1. The molecule has 5 nitrogen and oxygen atoms in total. The number of furan rings is 1. The first kappa shape index (κ1) is 20.3. The van der Waals surface area contributed by atoms with Gasteiger partial charge in [0.2, 0.25) is 0 Å². The Balaban J connectivity index is 1.30. The molecule has 0 saturated carbocycles. The second kappa shape index (κ2) is 10.2. The number of hydrogen-bond acceptors (Lipinski definition) is 4. The van der Waals surface area contributed by atoms with Gasteiger partial charge >= 0.3 is 0 Å². The van der Waals surface area contributed by atoms with Crippen LogP contribution >= 0.6 is 0 Å². The Morgan fingerprint density at radius 1 is 0.806 bits per heavy atom. The molecule has 0 aliphatic carbocycles. The van der Waals surface area contributed by atoms with Crippen LogP contribution in [0.4, 0.5) is 0 Å². The van der Waals surface area contributed by atoms with Crippen molar-refractivity contribution < 1.29 is 18.7 Å². The fraction of sp³-hybridized carbons (Fsp3) is 0.115. The zero-order valence-electron chi connectivity index (χ0n) is 17.0. The quantitative estimate of drug-likeness (QED) is 0.377. The molecule has 156 valence electrons. The summed E-state index contributed by atoms with van der Waals surface area (Å²) in [5.74, 6) is 1.47. The van der Waals surface area contributed by atoms with Gasteiger partial charge in [0.25, 0.3) is 5.91 Å². The van der Waals surface area contributed by atoms with Crippen molar-refractivity contribution in [1.82, 2.24) is 5.32 Å². The largest absolute Gasteiger partial charge is 0.491 e. The minimum absolute atomic E-state index is 0.251. The Morgan fingerprint density at radius 3 is 2.32 bits per heavy atom. The van der Waals surface area contributed by atoms with E-state index in [1.165, 1.54) is 6.26 Å². The fourth-order valence-corrected chi connectivity index (χ4v) is 3.18. The zero-order chi connectivity index (χ0) is 21.3. The van der Waals surface area contributed by atoms with Gasteiger partial charge in [0.05, 0.1) is 12.8 Å². The van der Waals surface area contributed by atoms with Crippen LogP contribution in [-0.2, 0) is 6.61 Å². The maximum atomic E-state index is 12.5. The molecule has 5 heteroatoms. The fourth-order valence-electron chi connectivity index (χ4n) is 3.18. The summed E-state index contributed by atoms with van der Waals surface area (Å²) in [7, 11) is 0. The monoisotopic (exact) mass is 413 g/mol. The Hall–Kier alpha value is -3.99. The molecular weight excluding hydrogens is 390 g/mol. The van der Waals surface area contributed by atoms with Gasteiger partial charge in [0.15, 0.2) is 5.76 Å². The Kier molecular flexibility index (Phi) is 6.65. The second-order valence-electron chi connectivity index (χ2n) is 6.84. The van der Waals surface area contributed by atoms with Gasteiger partial charge in [-0.05, 0) is 29.8 Å². The molecule has 1 N–H and O–H groups in total. The third-order valence-electron chi connectivity index (χ3n) is 4.71. The van der Waals surface area contributed by atoms with Gasteiger partial charge in [-0.25, -0.2) is 0 Å². The zero-order valence-corrected chi connectivity index (χ0v) is 17.0. The summed E-state index contributed by atoms with van der Waals surface area (Å²) in [6.07, 6.45) is 1.49. The summed E-state index contributed by atoms with van der Waals surface area (Å²) < 4.78 is 17.0. The topological polar surface area (TPSA) is 60.7 Å². The molecule has 0 fully saturated rings. The molecule has 31 heavy (non-hydrogen) atoms. The molecule has 0 atom stereocenters. The van der Waals surface area contributed by atoms with Crippen LogP contribution in [0.2, 0.25) is 0 Å². The standard InChI is InChI=1S/C26H23NO4/c28-26(25-21(15-17-30-25)19-31-22-11-5-2-6-12-22)27-16-18-29-24-14-8-7-13-23(24)20-9-3-1-4-10-20/h1-15,17H,16,18-19H2,(H,27,28). The lowest BCUT2D eigenvalue weighted by atomic mass is 10.1. The lowest BCUT2D eigenvalue weighted by Gasteiger charge is -2.12. The predicted octanol–water partition coefficient (Wildman–Crippen LogP) is 5.33. The molecule has 4 aromatic rings. The van der Waals surface area contributed by atoms with Gasteiger partial charge < -0.3 is 19.2 Å². The van der Waals surface area contributed by atoms with E-state index in [4.69, 9.17) is 13.9 Å². The number of amides is 1. The number of nitrogens with one attached hydrogen (secondary N) is 1. The molecule has 0 aliphatic heterocycles. The maximum absolute atomic E-state index is 12.5. The molecule has 0 unspecified atom stereocenters. The summed E-state index contributed by atoms with van der Waals surface area (Å²) >= 11 is 0. The van der Waals surface area contributed by atoms with Gasteiger partial charge in [0.1, 0.15) is 24.7 Å². The van der Waals surface area contributed by atoms with Crippen LogP contribution in [0, 0.1) is 0 Å². The van der Waals surface area contributed by atoms with E-state index in [1.54, 1.807) is 6.07 Å². The SMILES string of the molecule is O=C(NCCOc1ccccc1-c1ccccc1)c1occc1COc1ccccc1. The van der Waals surface area contributed by atoms with Crippen LogP contribution in [-0.4, -0.2) is 19.1 Å². The average molecular weight is 413 g/mol. The third-order valence-corrected chi connectivity index (χ3v) is 4.71. The van der Waals surface area contributed by atoms with Crippen LogP contribution in [0.5, 0.6) is 11.5 Å². The number of hydrogen-bond donors (Lipinski definition) is 1. The van der Waals surface area contributed by atoms with E-state index >= 15 is 0 Å². The molecule has 0 bridgehead atoms. The van der Waals surface area contributed by atoms with Crippen molar-refractivity contribution in [3.63, 3.8) is 0 Å². The molecule has 0 spiro atoms. The molecular formula is C26H23NO4. The summed E-state index contributed by atoms with van der Waals surface area (Å²) in [5.41, 5.74) is 2.79. The highest BCUT2D eigenvalue weighted by atomic mass is 16.5. The highest BCUT2D eigenvalue weighted by molar-refractivity contribution is 5.92. The van der Waals surface area contributed by atoms with Gasteiger partial charge in [-0.3, -0.25) is 4.79 Å². The summed E-state index contributed by atoms with van der Waals surface area (Å²) in [6.45, 7) is 0.942. The van der Waals surface area contributed by atoms with E-state index in [0.29, 0.717) is 18.7 Å². The molecule has 3 aromatic carbocycles. The van der Waals surface area contributed by atoms with E-state index in [1.807, 2.05) is 84.9 Å². The molecule has 0 saturated heterocycles. The molecule has 0 radical (unpaired) electrons. The van der Waals surface area contributed by atoms with Crippen molar-refractivity contribution in [3.05, 3.63) is 109 Å². The Labute approximate surface area is 181 Å². The van der Waals surface area contributed by atoms with Crippen molar-refractivity contribution >= 4 is 5.91 Å². The van der Waals surface area contributed by atoms with Crippen LogP contribution < -0.4 is 14.8 Å². The van der Waals surface area contributed by atoms with Crippen molar-refractivity contribution in [2.24, 2.45) is 0 Å². The lowest BCUT2D eigenvalue weighted by molar-refractivity contribution is 0.0916. The molecule has 1 amide bonds. The summed E-state index contributed by atoms with van der Waals surface area (Å²) in [5, 5.41) is 2.84. The van der Waals surface area contributed by atoms with E-state index in [2.05, 4.69) is 5.32 Å². The lowest BCUT2D eigenvalue weighted by Crippen LogP contribution is -2.28. The molecule has 1 heterocycles. The van der Waals surface area contributed by atoms with Gasteiger partial charge in [-0.1, -0.05) is 66.7 Å². The number of rotatable bonds is 9. The first-order valence-electron chi connectivity index (χ1n) is 10.1.